The Morgan fingerprint density at radius 3 is 2.47 bits per heavy atom. The van der Waals surface area contributed by atoms with Crippen LogP contribution >= 0.6 is 0 Å². The van der Waals surface area contributed by atoms with Crippen molar-refractivity contribution in [2.45, 2.75) is 25.8 Å². The van der Waals surface area contributed by atoms with Crippen LogP contribution in [0, 0.1) is 11.8 Å². The number of esters is 1. The molecule has 5 heteroatoms. The van der Waals surface area contributed by atoms with E-state index in [1.807, 2.05) is 18.9 Å². The fraction of sp³-hybridized carbons (Fsp3) is 0.833. The lowest BCUT2D eigenvalue weighted by molar-refractivity contribution is -0.148. The summed E-state index contributed by atoms with van der Waals surface area (Å²) in [5.74, 6) is 0.0654. The van der Waals surface area contributed by atoms with Crippen molar-refractivity contribution in [3.05, 3.63) is 0 Å². The van der Waals surface area contributed by atoms with Crippen LogP contribution in [-0.4, -0.2) is 50.6 Å². The van der Waals surface area contributed by atoms with Crippen LogP contribution in [-0.2, 0) is 14.3 Å². The predicted molar refractivity (Wildman–Crippen MR) is 64.4 cm³/mol. The molecule has 0 radical (unpaired) electrons. The maximum atomic E-state index is 11.7. The Labute approximate surface area is 102 Å². The summed E-state index contributed by atoms with van der Waals surface area (Å²) < 4.78 is 4.82. The van der Waals surface area contributed by atoms with Gasteiger partial charge in [0, 0.05) is 19.5 Å². The standard InChI is InChI=1S/C12H22N2O3/c1-8(11(15)13-2)7-14(3)10(9-5-6-9)12(16)17-4/h8-10H,5-7H2,1-4H3,(H,13,15). The van der Waals surface area contributed by atoms with Gasteiger partial charge in [-0.3, -0.25) is 14.5 Å². The van der Waals surface area contributed by atoms with E-state index >= 15 is 0 Å². The van der Waals surface area contributed by atoms with Crippen molar-refractivity contribution in [3.63, 3.8) is 0 Å². The van der Waals surface area contributed by atoms with Crippen LogP contribution in [0.4, 0.5) is 0 Å². The van der Waals surface area contributed by atoms with Crippen molar-refractivity contribution < 1.29 is 14.3 Å². The molecule has 2 unspecified atom stereocenters. The molecule has 17 heavy (non-hydrogen) atoms. The second-order valence-corrected chi connectivity index (χ2v) is 4.76. The van der Waals surface area contributed by atoms with Gasteiger partial charge in [0.05, 0.1) is 7.11 Å². The monoisotopic (exact) mass is 242 g/mol. The van der Waals surface area contributed by atoms with Crippen molar-refractivity contribution >= 4 is 11.9 Å². The highest BCUT2D eigenvalue weighted by atomic mass is 16.5. The number of carbonyl (C=O) groups is 2. The summed E-state index contributed by atoms with van der Waals surface area (Å²) in [7, 11) is 4.91. The molecule has 0 saturated heterocycles. The zero-order valence-corrected chi connectivity index (χ0v) is 11.0. The Hall–Kier alpha value is -1.10. The lowest BCUT2D eigenvalue weighted by Crippen LogP contribution is -2.45. The van der Waals surface area contributed by atoms with Crippen LogP contribution in [0.1, 0.15) is 19.8 Å². The maximum absolute atomic E-state index is 11.7. The minimum atomic E-state index is -0.202. The van der Waals surface area contributed by atoms with E-state index < -0.39 is 0 Å². The zero-order valence-electron chi connectivity index (χ0n) is 11.0. The number of amides is 1. The van der Waals surface area contributed by atoms with Crippen molar-refractivity contribution in [2.24, 2.45) is 11.8 Å². The van der Waals surface area contributed by atoms with Gasteiger partial charge in [-0.1, -0.05) is 6.92 Å². The van der Waals surface area contributed by atoms with Gasteiger partial charge in [0.1, 0.15) is 6.04 Å². The largest absolute Gasteiger partial charge is 0.468 e. The van der Waals surface area contributed by atoms with Gasteiger partial charge < -0.3 is 10.1 Å². The van der Waals surface area contributed by atoms with Crippen LogP contribution in [0.15, 0.2) is 0 Å². The SMILES string of the molecule is CNC(=O)C(C)CN(C)C(C(=O)OC)C1CC1. The van der Waals surface area contributed by atoms with E-state index in [2.05, 4.69) is 5.32 Å². The lowest BCUT2D eigenvalue weighted by Gasteiger charge is -2.27. The second kappa shape index (κ2) is 6.00. The van der Waals surface area contributed by atoms with Crippen molar-refractivity contribution in [2.75, 3.05) is 27.7 Å². The van der Waals surface area contributed by atoms with E-state index in [0.29, 0.717) is 12.5 Å². The van der Waals surface area contributed by atoms with Crippen LogP contribution < -0.4 is 5.32 Å². The molecule has 1 aliphatic carbocycles. The maximum Gasteiger partial charge on any atom is 0.323 e. The third-order valence-corrected chi connectivity index (χ3v) is 3.24. The van der Waals surface area contributed by atoms with Crippen LogP contribution in [0.25, 0.3) is 0 Å². The Morgan fingerprint density at radius 1 is 1.47 bits per heavy atom. The van der Waals surface area contributed by atoms with Crippen molar-refractivity contribution in [1.29, 1.82) is 0 Å². The summed E-state index contributed by atoms with van der Waals surface area (Å²) in [4.78, 5) is 25.1. The Balaban J connectivity index is 2.56. The summed E-state index contributed by atoms with van der Waals surface area (Å²) >= 11 is 0. The molecule has 0 aromatic carbocycles. The number of nitrogens with one attached hydrogen (secondary N) is 1. The molecule has 5 nitrogen and oxygen atoms in total. The molecule has 1 amide bonds. The quantitative estimate of drug-likeness (QED) is 0.678. The van der Waals surface area contributed by atoms with E-state index in [1.165, 1.54) is 7.11 Å². The molecule has 0 aromatic rings. The fourth-order valence-corrected chi connectivity index (χ4v) is 2.14. The van der Waals surface area contributed by atoms with Gasteiger partial charge in [-0.05, 0) is 25.8 Å². The molecule has 0 bridgehead atoms. The molecule has 1 aliphatic rings. The number of hydrogen-bond donors (Lipinski definition) is 1. The number of methoxy groups -OCH3 is 1. The molecule has 98 valence electrons. The normalized spacial score (nSPS) is 18.6. The average Bonchev–Trinajstić information content (AvgIpc) is 3.12. The topological polar surface area (TPSA) is 58.6 Å². The predicted octanol–water partition coefficient (Wildman–Crippen LogP) is 0.252. The molecule has 2 atom stereocenters. The summed E-state index contributed by atoms with van der Waals surface area (Å²) in [6.07, 6.45) is 2.14. The molecule has 1 rings (SSSR count). The summed E-state index contributed by atoms with van der Waals surface area (Å²) in [6, 6.07) is -0.202. The first-order valence-electron chi connectivity index (χ1n) is 6.01. The summed E-state index contributed by atoms with van der Waals surface area (Å²) in [5.41, 5.74) is 0. The molecule has 1 N–H and O–H groups in total. The molecule has 0 heterocycles. The van der Waals surface area contributed by atoms with Gasteiger partial charge >= 0.3 is 5.97 Å². The number of carbonyl (C=O) groups excluding carboxylic acids is 2. The molecule has 1 saturated carbocycles. The van der Waals surface area contributed by atoms with E-state index in [9.17, 15) is 9.59 Å². The molecule has 1 fully saturated rings. The van der Waals surface area contributed by atoms with Crippen molar-refractivity contribution in [3.8, 4) is 0 Å². The smallest absolute Gasteiger partial charge is 0.323 e. The lowest BCUT2D eigenvalue weighted by atomic mass is 10.1. The van der Waals surface area contributed by atoms with Gasteiger partial charge in [-0.2, -0.15) is 0 Å². The summed E-state index contributed by atoms with van der Waals surface area (Å²) in [5, 5.41) is 2.62. The first-order valence-corrected chi connectivity index (χ1v) is 6.01. The van der Waals surface area contributed by atoms with E-state index in [0.717, 1.165) is 12.8 Å². The Morgan fingerprint density at radius 2 is 2.06 bits per heavy atom. The molecular weight excluding hydrogens is 220 g/mol. The first-order chi connectivity index (χ1) is 8.01. The average molecular weight is 242 g/mol. The highest BCUT2D eigenvalue weighted by Gasteiger charge is 2.40. The minimum Gasteiger partial charge on any atom is -0.468 e. The van der Waals surface area contributed by atoms with Crippen LogP contribution in [0.3, 0.4) is 0 Å². The fourth-order valence-electron chi connectivity index (χ4n) is 2.14. The number of rotatable bonds is 6. The molecule has 0 aliphatic heterocycles. The molecule has 0 aromatic heterocycles. The number of likely N-dealkylation sites (N-methyl/N-ethyl adjacent to an activating group) is 1. The summed E-state index contributed by atoms with van der Waals surface area (Å²) in [6.45, 7) is 2.42. The number of hydrogen-bond acceptors (Lipinski definition) is 4. The Kier molecular flexibility index (Phi) is 4.93. The van der Waals surface area contributed by atoms with E-state index in [1.54, 1.807) is 7.05 Å². The Bertz CT molecular complexity index is 289. The first kappa shape index (κ1) is 14.0. The van der Waals surface area contributed by atoms with Gasteiger partial charge in [0.25, 0.3) is 0 Å². The molecular formula is C12H22N2O3. The van der Waals surface area contributed by atoms with E-state index in [4.69, 9.17) is 4.74 Å². The van der Waals surface area contributed by atoms with E-state index in [-0.39, 0.29) is 23.8 Å². The van der Waals surface area contributed by atoms with Gasteiger partial charge in [-0.15, -0.1) is 0 Å². The van der Waals surface area contributed by atoms with Gasteiger partial charge in [0.15, 0.2) is 0 Å². The van der Waals surface area contributed by atoms with Crippen molar-refractivity contribution in [1.82, 2.24) is 10.2 Å². The highest BCUT2D eigenvalue weighted by Crippen LogP contribution is 2.35. The third kappa shape index (κ3) is 3.70. The van der Waals surface area contributed by atoms with Gasteiger partial charge in [-0.25, -0.2) is 0 Å². The number of ether oxygens (including phenoxy) is 1. The highest BCUT2D eigenvalue weighted by molar-refractivity contribution is 5.79. The second-order valence-electron chi connectivity index (χ2n) is 4.76. The number of nitrogens with zero attached hydrogens (tertiary/aromatic N) is 1. The minimum absolute atomic E-state index is 0.00346. The third-order valence-electron chi connectivity index (χ3n) is 3.24. The van der Waals surface area contributed by atoms with Crippen LogP contribution in [0.2, 0.25) is 0 Å². The van der Waals surface area contributed by atoms with Crippen LogP contribution in [0.5, 0.6) is 0 Å². The zero-order chi connectivity index (χ0) is 13.0. The van der Waals surface area contributed by atoms with Gasteiger partial charge in [0.2, 0.25) is 5.91 Å². The molecule has 0 spiro atoms.